The zero-order valence-corrected chi connectivity index (χ0v) is 40.2. The van der Waals surface area contributed by atoms with Crippen LogP contribution in [0.3, 0.4) is 0 Å². The highest BCUT2D eigenvalue weighted by Crippen LogP contribution is 2.60. The molecule has 8 heteroatoms. The fourth-order valence-electron chi connectivity index (χ4n) is 14.5. The Bertz CT molecular complexity index is 2640. The zero-order valence-electron chi connectivity index (χ0n) is 40.2. The lowest BCUT2D eigenvalue weighted by Crippen LogP contribution is -2.61. The number of benzene rings is 6. The number of esters is 2. The van der Waals surface area contributed by atoms with Crippen LogP contribution < -0.4 is 18.9 Å². The van der Waals surface area contributed by atoms with Crippen molar-refractivity contribution in [3.63, 3.8) is 0 Å². The molecule has 0 amide bonds. The Morgan fingerprint density at radius 1 is 0.471 bits per heavy atom. The number of fused-ring (bicyclic) bond motifs is 2. The van der Waals surface area contributed by atoms with E-state index in [1.165, 1.54) is 47.9 Å². The van der Waals surface area contributed by atoms with Gasteiger partial charge in [-0.05, 0) is 148 Å². The second kappa shape index (κ2) is 19.2. The van der Waals surface area contributed by atoms with Crippen LogP contribution in [0.5, 0.6) is 34.5 Å². The number of hydrogen-bond acceptors (Lipinski definition) is 8. The molecule has 2 saturated carbocycles. The molecule has 8 nitrogen and oxygen atoms in total. The van der Waals surface area contributed by atoms with Crippen LogP contribution in [0.4, 0.5) is 0 Å². The first-order valence-corrected chi connectivity index (χ1v) is 26.2. The van der Waals surface area contributed by atoms with Gasteiger partial charge in [0.05, 0.1) is 0 Å². The van der Waals surface area contributed by atoms with E-state index in [1.54, 1.807) is 0 Å². The summed E-state index contributed by atoms with van der Waals surface area (Å²) in [6.07, 6.45) is 14.7. The van der Waals surface area contributed by atoms with Gasteiger partial charge < -0.3 is 18.9 Å². The van der Waals surface area contributed by atoms with Gasteiger partial charge in [0.25, 0.3) is 0 Å². The highest BCUT2D eigenvalue weighted by Gasteiger charge is 2.56. The molecule has 6 atom stereocenters. The molecule has 4 fully saturated rings. The lowest BCUT2D eigenvalue weighted by molar-refractivity contribution is -0.156. The number of carbonyl (C=O) groups excluding carboxylic acids is 2. The summed E-state index contributed by atoms with van der Waals surface area (Å²) in [5.74, 6) is 2.27. The van der Waals surface area contributed by atoms with Crippen LogP contribution in [-0.2, 0) is 46.1 Å². The van der Waals surface area contributed by atoms with Crippen LogP contribution in [0.15, 0.2) is 146 Å². The van der Waals surface area contributed by atoms with E-state index in [1.807, 2.05) is 72.8 Å². The van der Waals surface area contributed by atoms with Gasteiger partial charge in [-0.2, -0.15) is 0 Å². The molecular formula is C62H64N2O6. The number of carbonyl (C=O) groups is 2. The van der Waals surface area contributed by atoms with Crippen LogP contribution in [0.1, 0.15) is 97.6 Å². The number of piperidine rings is 2. The van der Waals surface area contributed by atoms with E-state index in [4.69, 9.17) is 18.9 Å². The second-order valence-electron chi connectivity index (χ2n) is 21.1. The van der Waals surface area contributed by atoms with Crippen LogP contribution >= 0.6 is 0 Å². The monoisotopic (exact) mass is 932 g/mol. The number of nitrogens with zero attached hydrogens (tertiary/aromatic N) is 2. The highest BCUT2D eigenvalue weighted by atomic mass is 16.6. The van der Waals surface area contributed by atoms with Crippen molar-refractivity contribution in [3.8, 4) is 34.5 Å². The molecule has 12 rings (SSSR count). The van der Waals surface area contributed by atoms with Gasteiger partial charge in [-0.1, -0.05) is 123 Å². The van der Waals surface area contributed by atoms with Gasteiger partial charge in [-0.15, -0.1) is 0 Å². The normalized spacial score (nSPS) is 25.5. The summed E-state index contributed by atoms with van der Waals surface area (Å²) in [6, 6.07) is 49.7. The molecule has 0 unspecified atom stereocenters. The van der Waals surface area contributed by atoms with Crippen molar-refractivity contribution in [3.05, 3.63) is 179 Å². The van der Waals surface area contributed by atoms with Gasteiger partial charge in [0.15, 0.2) is 0 Å². The van der Waals surface area contributed by atoms with Crippen molar-refractivity contribution in [1.29, 1.82) is 0 Å². The average molecular weight is 933 g/mol. The molecule has 70 heavy (non-hydrogen) atoms. The fourth-order valence-corrected chi connectivity index (χ4v) is 14.5. The first kappa shape index (κ1) is 45.0. The van der Waals surface area contributed by atoms with E-state index < -0.39 is 11.9 Å². The summed E-state index contributed by atoms with van der Waals surface area (Å²) < 4.78 is 25.9. The molecular weight excluding hydrogens is 869 g/mol. The summed E-state index contributed by atoms with van der Waals surface area (Å²) in [7, 11) is 0. The Morgan fingerprint density at radius 2 is 0.871 bits per heavy atom. The van der Waals surface area contributed by atoms with Gasteiger partial charge in [0.2, 0.25) is 0 Å². The molecule has 4 bridgehead atoms. The second-order valence-corrected chi connectivity index (χ2v) is 21.1. The molecule has 0 spiro atoms. The van der Waals surface area contributed by atoms with Crippen molar-refractivity contribution in [2.75, 3.05) is 26.2 Å². The maximum atomic E-state index is 14.6. The molecule has 6 aromatic rings. The fraction of sp³-hybridized carbons (Fsp3) is 0.387. The third kappa shape index (κ3) is 8.51. The number of ether oxygens (including phenoxy) is 4. The van der Waals surface area contributed by atoms with Crippen molar-refractivity contribution in [2.24, 2.45) is 11.8 Å². The Labute approximate surface area is 412 Å². The van der Waals surface area contributed by atoms with E-state index in [0.717, 1.165) is 102 Å². The van der Waals surface area contributed by atoms with E-state index in [2.05, 4.69) is 82.6 Å². The van der Waals surface area contributed by atoms with Crippen molar-refractivity contribution in [2.45, 2.75) is 113 Å². The summed E-state index contributed by atoms with van der Waals surface area (Å²) >= 11 is 0. The third-order valence-electron chi connectivity index (χ3n) is 17.6. The van der Waals surface area contributed by atoms with Gasteiger partial charge >= 0.3 is 11.9 Å². The van der Waals surface area contributed by atoms with Gasteiger partial charge in [0, 0.05) is 59.3 Å². The van der Waals surface area contributed by atoms with Crippen LogP contribution in [0.2, 0.25) is 0 Å². The standard InChI is InChI=1S/C62H64N2O6/c65-59(69-57-39-47(67-45-21-9-3-10-22-45)37-53-49(57)41-55-51-25-13-15-29-61(51,53)31-35-63(55)33-27-43-17-5-1-6-18-43)60(66)70-58-40-48(68-46-23-11-4-12-24-46)38-54-50(58)42-56-52-26-14-16-30-62(52,54)32-36-64(56)34-28-44-19-7-2-8-20-44/h1-12,17-24,37-40,51-52,55-56H,13-16,25-36,41-42H2/t51-,52-,55+,56+,61+,62+/m0/s1. The molecule has 2 saturated heterocycles. The Hall–Kier alpha value is -6.22. The number of likely N-dealkylation sites (tertiary alicyclic amines) is 2. The molecule has 0 aromatic heterocycles. The molecule has 2 aliphatic heterocycles. The van der Waals surface area contributed by atoms with Crippen LogP contribution in [0.25, 0.3) is 0 Å². The van der Waals surface area contributed by atoms with Crippen molar-refractivity contribution in [1.82, 2.24) is 9.80 Å². The Balaban J connectivity index is 0.881. The van der Waals surface area contributed by atoms with E-state index in [-0.39, 0.29) is 10.8 Å². The first-order chi connectivity index (χ1) is 34.4. The summed E-state index contributed by atoms with van der Waals surface area (Å²) in [5, 5.41) is 0. The molecule has 0 radical (unpaired) electrons. The van der Waals surface area contributed by atoms with Crippen LogP contribution in [-0.4, -0.2) is 60.0 Å². The minimum atomic E-state index is -1.04. The molecule has 6 aliphatic rings. The largest absolute Gasteiger partial charge is 0.457 e. The maximum Gasteiger partial charge on any atom is 0.423 e. The Kier molecular flexibility index (Phi) is 12.3. The molecule has 358 valence electrons. The quantitative estimate of drug-likeness (QED) is 0.0682. The summed E-state index contributed by atoms with van der Waals surface area (Å²) in [5.41, 5.74) is 6.99. The van der Waals surface area contributed by atoms with Crippen molar-refractivity contribution >= 4 is 11.9 Å². The summed E-state index contributed by atoms with van der Waals surface area (Å²) in [6.45, 7) is 3.98. The number of rotatable bonds is 12. The first-order valence-electron chi connectivity index (χ1n) is 26.2. The van der Waals surface area contributed by atoms with Crippen molar-refractivity contribution < 1.29 is 28.5 Å². The van der Waals surface area contributed by atoms with E-state index in [0.29, 0.717) is 58.4 Å². The number of para-hydroxylation sites is 2. The average Bonchev–Trinajstić information content (AvgIpc) is 3.40. The summed E-state index contributed by atoms with van der Waals surface area (Å²) in [4.78, 5) is 34.5. The molecule has 2 heterocycles. The highest BCUT2D eigenvalue weighted by molar-refractivity contribution is 6.31. The van der Waals surface area contributed by atoms with Gasteiger partial charge in [-0.25, -0.2) is 9.59 Å². The molecule has 6 aromatic carbocycles. The number of hydrogen-bond donors (Lipinski definition) is 0. The Morgan fingerprint density at radius 3 is 1.29 bits per heavy atom. The van der Waals surface area contributed by atoms with Gasteiger partial charge in [-0.3, -0.25) is 9.80 Å². The predicted octanol–water partition coefficient (Wildman–Crippen LogP) is 12.4. The third-order valence-corrected chi connectivity index (χ3v) is 17.6. The van der Waals surface area contributed by atoms with E-state index >= 15 is 0 Å². The van der Waals surface area contributed by atoms with Gasteiger partial charge in [0.1, 0.15) is 34.5 Å². The SMILES string of the molecule is O=C(Oc1cc(Oc2ccccc2)cc2c1C[C@@H]1[C@@H]3CCCC[C@]23CCN1CCc1ccccc1)C(=O)Oc1cc(Oc2ccccc2)cc2c1C[C@@H]1[C@@H]3CCCC[C@]23CCN1CCc1ccccc1. The topological polar surface area (TPSA) is 77.5 Å². The maximum absolute atomic E-state index is 14.6. The van der Waals surface area contributed by atoms with Crippen LogP contribution in [0, 0.1) is 11.8 Å². The smallest absolute Gasteiger partial charge is 0.423 e. The zero-order chi connectivity index (χ0) is 47.1. The van der Waals surface area contributed by atoms with E-state index in [9.17, 15) is 9.59 Å². The lowest BCUT2D eigenvalue weighted by atomic mass is 9.52. The lowest BCUT2D eigenvalue weighted by Gasteiger charge is -2.59. The molecule has 0 N–H and O–H groups in total. The predicted molar refractivity (Wildman–Crippen MR) is 272 cm³/mol. The minimum absolute atomic E-state index is 0.0703. The molecule has 4 aliphatic carbocycles. The minimum Gasteiger partial charge on any atom is -0.457 e.